The van der Waals surface area contributed by atoms with Crippen LogP contribution in [0.25, 0.3) is 11.1 Å². The molecule has 0 radical (unpaired) electrons. The zero-order valence-electron chi connectivity index (χ0n) is 12.8. The van der Waals surface area contributed by atoms with Gasteiger partial charge in [-0.3, -0.25) is 4.68 Å². The first-order chi connectivity index (χ1) is 10.6. The Morgan fingerprint density at radius 2 is 1.86 bits per heavy atom. The molecule has 0 aliphatic heterocycles. The van der Waals surface area contributed by atoms with E-state index in [-0.39, 0.29) is 5.82 Å². The normalized spacial score (nSPS) is 11.1. The first kappa shape index (κ1) is 14.5. The van der Waals surface area contributed by atoms with Gasteiger partial charge >= 0.3 is 0 Å². The minimum atomic E-state index is -0.213. The van der Waals surface area contributed by atoms with Crippen LogP contribution in [0, 0.1) is 5.82 Å². The summed E-state index contributed by atoms with van der Waals surface area (Å²) in [6, 6.07) is 15.2. The molecule has 2 aromatic carbocycles. The van der Waals surface area contributed by atoms with Crippen LogP contribution in [0.3, 0.4) is 0 Å². The summed E-state index contributed by atoms with van der Waals surface area (Å²) in [7, 11) is 0. The first-order valence-corrected chi connectivity index (χ1v) is 7.49. The van der Waals surface area contributed by atoms with Crippen molar-refractivity contribution in [3.63, 3.8) is 0 Å². The highest BCUT2D eigenvalue weighted by atomic mass is 19.1. The fraction of sp³-hybridized carbons (Fsp3) is 0.211. The molecule has 0 spiro atoms. The van der Waals surface area contributed by atoms with E-state index in [9.17, 15) is 4.39 Å². The Balaban J connectivity index is 1.92. The standard InChI is InChI=1S/C19H19FN2/c1-14(2)18-9-8-17(20)10-19(18)16-11-21-22(13-16)12-15-6-4-3-5-7-15/h3-11,13-14H,12H2,1-2H3. The number of aromatic nitrogens is 2. The molecule has 0 atom stereocenters. The second-order valence-corrected chi connectivity index (χ2v) is 5.80. The van der Waals surface area contributed by atoms with Gasteiger partial charge < -0.3 is 0 Å². The molecule has 1 aromatic heterocycles. The monoisotopic (exact) mass is 294 g/mol. The number of benzene rings is 2. The van der Waals surface area contributed by atoms with Gasteiger partial charge in [-0.15, -0.1) is 0 Å². The average Bonchev–Trinajstić information content (AvgIpc) is 2.96. The molecule has 3 aromatic rings. The molecule has 0 saturated carbocycles. The molecule has 112 valence electrons. The maximum absolute atomic E-state index is 13.6. The lowest BCUT2D eigenvalue weighted by atomic mass is 9.94. The van der Waals surface area contributed by atoms with Crippen molar-refractivity contribution < 1.29 is 4.39 Å². The molecule has 22 heavy (non-hydrogen) atoms. The van der Waals surface area contributed by atoms with E-state index in [4.69, 9.17) is 0 Å². The molecule has 0 aliphatic rings. The van der Waals surface area contributed by atoms with Gasteiger partial charge in [-0.25, -0.2) is 4.39 Å². The summed E-state index contributed by atoms with van der Waals surface area (Å²) in [6.45, 7) is 4.95. The van der Waals surface area contributed by atoms with Gasteiger partial charge in [0, 0.05) is 11.8 Å². The molecular weight excluding hydrogens is 275 g/mol. The molecule has 0 N–H and O–H groups in total. The molecule has 0 bridgehead atoms. The van der Waals surface area contributed by atoms with Crippen LogP contribution >= 0.6 is 0 Å². The predicted molar refractivity (Wildman–Crippen MR) is 87.3 cm³/mol. The summed E-state index contributed by atoms with van der Waals surface area (Å²) in [4.78, 5) is 0. The van der Waals surface area contributed by atoms with Crippen LogP contribution in [-0.4, -0.2) is 9.78 Å². The summed E-state index contributed by atoms with van der Waals surface area (Å²) in [5, 5.41) is 4.41. The smallest absolute Gasteiger partial charge is 0.123 e. The Morgan fingerprint density at radius 1 is 1.09 bits per heavy atom. The topological polar surface area (TPSA) is 17.8 Å². The molecule has 0 aliphatic carbocycles. The van der Waals surface area contributed by atoms with E-state index < -0.39 is 0 Å². The largest absolute Gasteiger partial charge is 0.268 e. The lowest BCUT2D eigenvalue weighted by Gasteiger charge is -2.11. The van der Waals surface area contributed by atoms with Gasteiger partial charge in [-0.05, 0) is 34.7 Å². The minimum Gasteiger partial charge on any atom is -0.268 e. The molecule has 2 nitrogen and oxygen atoms in total. The van der Waals surface area contributed by atoms with Crippen LogP contribution in [-0.2, 0) is 6.54 Å². The van der Waals surface area contributed by atoms with E-state index in [0.717, 1.165) is 16.7 Å². The Labute approximate surface area is 130 Å². The van der Waals surface area contributed by atoms with E-state index in [0.29, 0.717) is 12.5 Å². The van der Waals surface area contributed by atoms with Gasteiger partial charge in [-0.1, -0.05) is 50.2 Å². The number of hydrogen-bond acceptors (Lipinski definition) is 1. The van der Waals surface area contributed by atoms with Crippen molar-refractivity contribution in [1.29, 1.82) is 0 Å². The van der Waals surface area contributed by atoms with Crippen LogP contribution in [0.1, 0.15) is 30.9 Å². The summed E-state index contributed by atoms with van der Waals surface area (Å²) in [5.41, 5.74) is 4.22. The van der Waals surface area contributed by atoms with Crippen molar-refractivity contribution >= 4 is 0 Å². The third-order valence-electron chi connectivity index (χ3n) is 3.77. The molecule has 0 saturated heterocycles. The van der Waals surface area contributed by atoms with E-state index >= 15 is 0 Å². The van der Waals surface area contributed by atoms with Crippen molar-refractivity contribution in [1.82, 2.24) is 9.78 Å². The van der Waals surface area contributed by atoms with Crippen molar-refractivity contribution in [2.45, 2.75) is 26.3 Å². The average molecular weight is 294 g/mol. The van der Waals surface area contributed by atoms with Gasteiger partial charge in [0.2, 0.25) is 0 Å². The second-order valence-electron chi connectivity index (χ2n) is 5.80. The molecule has 0 amide bonds. The molecule has 0 fully saturated rings. The van der Waals surface area contributed by atoms with E-state index in [1.165, 1.54) is 11.6 Å². The van der Waals surface area contributed by atoms with Crippen molar-refractivity contribution in [3.05, 3.63) is 77.9 Å². The minimum absolute atomic E-state index is 0.213. The molecule has 3 rings (SSSR count). The second kappa shape index (κ2) is 6.14. The highest BCUT2D eigenvalue weighted by molar-refractivity contribution is 5.66. The van der Waals surface area contributed by atoms with Crippen LogP contribution in [0.5, 0.6) is 0 Å². The number of halogens is 1. The fourth-order valence-electron chi connectivity index (χ4n) is 2.64. The van der Waals surface area contributed by atoms with Crippen LogP contribution < -0.4 is 0 Å². The van der Waals surface area contributed by atoms with Crippen LogP contribution in [0.2, 0.25) is 0 Å². The first-order valence-electron chi connectivity index (χ1n) is 7.49. The SMILES string of the molecule is CC(C)c1ccc(F)cc1-c1cnn(Cc2ccccc2)c1. The zero-order chi connectivity index (χ0) is 15.5. The molecule has 1 heterocycles. The predicted octanol–water partition coefficient (Wildman–Crippen LogP) is 4.86. The van der Waals surface area contributed by atoms with E-state index in [2.05, 4.69) is 31.1 Å². The lowest BCUT2D eigenvalue weighted by Crippen LogP contribution is -1.99. The lowest BCUT2D eigenvalue weighted by molar-refractivity contribution is 0.627. The van der Waals surface area contributed by atoms with Gasteiger partial charge in [0.15, 0.2) is 0 Å². The quantitative estimate of drug-likeness (QED) is 0.672. The fourth-order valence-corrected chi connectivity index (χ4v) is 2.64. The van der Waals surface area contributed by atoms with Crippen LogP contribution in [0.15, 0.2) is 60.9 Å². The van der Waals surface area contributed by atoms with Gasteiger partial charge in [0.25, 0.3) is 0 Å². The van der Waals surface area contributed by atoms with E-state index in [1.807, 2.05) is 41.3 Å². The molecule has 0 unspecified atom stereocenters. The van der Waals surface area contributed by atoms with Gasteiger partial charge in [0.05, 0.1) is 12.7 Å². The Hall–Kier alpha value is -2.42. The summed E-state index contributed by atoms with van der Waals surface area (Å²) >= 11 is 0. The Bertz CT molecular complexity index is 760. The summed E-state index contributed by atoms with van der Waals surface area (Å²) < 4.78 is 15.5. The number of nitrogens with zero attached hydrogens (tertiary/aromatic N) is 2. The van der Waals surface area contributed by atoms with Crippen molar-refractivity contribution in [2.75, 3.05) is 0 Å². The molecular formula is C19H19FN2. The third-order valence-corrected chi connectivity index (χ3v) is 3.77. The Kier molecular flexibility index (Phi) is 4.05. The van der Waals surface area contributed by atoms with Gasteiger partial charge in [-0.2, -0.15) is 5.10 Å². The molecule has 3 heteroatoms. The van der Waals surface area contributed by atoms with E-state index in [1.54, 1.807) is 6.07 Å². The maximum Gasteiger partial charge on any atom is 0.123 e. The van der Waals surface area contributed by atoms with Crippen molar-refractivity contribution in [3.8, 4) is 11.1 Å². The zero-order valence-corrected chi connectivity index (χ0v) is 12.8. The highest BCUT2D eigenvalue weighted by Gasteiger charge is 2.11. The Morgan fingerprint density at radius 3 is 2.59 bits per heavy atom. The van der Waals surface area contributed by atoms with Gasteiger partial charge in [0.1, 0.15) is 5.82 Å². The number of rotatable bonds is 4. The highest BCUT2D eigenvalue weighted by Crippen LogP contribution is 2.29. The summed E-state index contributed by atoms with van der Waals surface area (Å²) in [6.07, 6.45) is 3.79. The summed E-state index contributed by atoms with van der Waals surface area (Å²) in [5.74, 6) is 0.128. The third kappa shape index (κ3) is 3.08. The van der Waals surface area contributed by atoms with Crippen LogP contribution in [0.4, 0.5) is 4.39 Å². The van der Waals surface area contributed by atoms with Crippen molar-refractivity contribution in [2.24, 2.45) is 0 Å². The maximum atomic E-state index is 13.6. The number of hydrogen-bond donors (Lipinski definition) is 0.